The summed E-state index contributed by atoms with van der Waals surface area (Å²) >= 11 is 0. The average molecular weight is 1100 g/mol. The van der Waals surface area contributed by atoms with Gasteiger partial charge in [-0.1, -0.05) is 218 Å². The molecule has 0 N–H and O–H groups in total. The maximum absolute atomic E-state index is 13.7. The van der Waals surface area contributed by atoms with Gasteiger partial charge in [-0.3, -0.25) is 9.59 Å². The van der Waals surface area contributed by atoms with Crippen molar-refractivity contribution < 1.29 is 19.1 Å². The lowest BCUT2D eigenvalue weighted by Crippen LogP contribution is -2.35. The van der Waals surface area contributed by atoms with Gasteiger partial charge in [0.2, 0.25) is 0 Å². The van der Waals surface area contributed by atoms with E-state index >= 15 is 0 Å². The Morgan fingerprint density at radius 1 is 0.244 bits per heavy atom. The molecule has 4 nitrogen and oxygen atoms in total. The van der Waals surface area contributed by atoms with Gasteiger partial charge in [0, 0.05) is 106 Å². The fourth-order valence-corrected chi connectivity index (χ4v) is 17.8. The Kier molecular flexibility index (Phi) is 9.76. The number of esters is 2. The summed E-state index contributed by atoms with van der Waals surface area (Å²) < 4.78 is 13.4. The van der Waals surface area contributed by atoms with Gasteiger partial charge in [0.1, 0.15) is 11.5 Å². The summed E-state index contributed by atoms with van der Waals surface area (Å²) in [6.45, 7) is 3.08. The quantitative estimate of drug-likeness (QED) is 0.0983. The molecule has 86 heavy (non-hydrogen) atoms. The Balaban J connectivity index is 0.817. The van der Waals surface area contributed by atoms with Gasteiger partial charge in [-0.25, -0.2) is 0 Å². The Morgan fingerprint density at radius 2 is 0.407 bits per heavy atom. The van der Waals surface area contributed by atoms with Crippen molar-refractivity contribution in [2.75, 3.05) is 0 Å². The topological polar surface area (TPSA) is 52.6 Å². The van der Waals surface area contributed by atoms with E-state index in [0.717, 1.165) is 66.8 Å². The Morgan fingerprint density at radius 3 is 0.570 bits per heavy atom. The lowest BCUT2D eigenvalue weighted by atomic mass is 9.54. The van der Waals surface area contributed by atoms with Crippen molar-refractivity contribution in [2.45, 2.75) is 61.2 Å². The second kappa shape index (κ2) is 17.5. The molecule has 0 heterocycles. The van der Waals surface area contributed by atoms with Crippen molar-refractivity contribution in [3.8, 4) is 35.2 Å². The molecule has 0 amide bonds. The third kappa shape index (κ3) is 6.20. The summed E-state index contributed by atoms with van der Waals surface area (Å²) in [4.78, 5) is 27.3. The van der Waals surface area contributed by atoms with Crippen LogP contribution in [0.5, 0.6) is 11.5 Å². The monoisotopic (exact) mass is 1100 g/mol. The first-order valence-corrected chi connectivity index (χ1v) is 30.1. The second-order valence-corrected chi connectivity index (χ2v) is 24.5. The molecular formula is C82H50O4. The molecule has 0 fully saturated rings. The predicted octanol–water partition coefficient (Wildman–Crippen LogP) is 16.3. The Bertz CT molecular complexity index is 4320. The van der Waals surface area contributed by atoms with E-state index in [1.807, 2.05) is 0 Å². The van der Waals surface area contributed by atoms with E-state index in [2.05, 4.69) is 242 Å². The highest BCUT2D eigenvalue weighted by molar-refractivity contribution is 5.87. The first-order chi connectivity index (χ1) is 42.4. The summed E-state index contributed by atoms with van der Waals surface area (Å²) in [6, 6.07) is 79.3. The first kappa shape index (κ1) is 47.9. The van der Waals surface area contributed by atoms with Gasteiger partial charge < -0.3 is 9.47 Å². The van der Waals surface area contributed by atoms with E-state index < -0.39 is 0 Å². The fraction of sp³-hybridized carbons (Fsp3) is 0.122. The van der Waals surface area contributed by atoms with E-state index in [1.165, 1.54) is 89.0 Å². The van der Waals surface area contributed by atoms with E-state index in [-0.39, 0.29) is 59.3 Å². The number of carbonyl (C=O) groups is 2. The molecule has 0 saturated heterocycles. The molecule has 0 unspecified atom stereocenters. The van der Waals surface area contributed by atoms with Gasteiger partial charge >= 0.3 is 11.9 Å². The van der Waals surface area contributed by atoms with Crippen LogP contribution in [0.2, 0.25) is 0 Å². The molecule has 23 rings (SSSR count). The zero-order chi connectivity index (χ0) is 56.8. The van der Waals surface area contributed by atoms with Crippen LogP contribution in [0, 0.1) is 23.7 Å². The SMILES string of the molecule is CC(=O)Oc1c2c(c(C#Cc3ccc(C#Cc4c5c(c(OC(C)=O)c6c4C4c7ccccc7C6c6ccccc64)C4c6ccccc6C5c5ccccc54)cc3)c3c1C1c4ccccc4C3c3ccccc31)C1c3ccccc3C2c2ccccc21. The van der Waals surface area contributed by atoms with Crippen LogP contribution in [0.15, 0.2) is 218 Å². The summed E-state index contributed by atoms with van der Waals surface area (Å²) in [5.41, 5.74) is 32.8. The molecule has 11 aromatic rings. The number of hydrogen-bond donors (Lipinski definition) is 0. The minimum atomic E-state index is -0.327. The van der Waals surface area contributed by atoms with Crippen molar-refractivity contribution in [3.63, 3.8) is 0 Å². The first-order valence-electron chi connectivity index (χ1n) is 30.1. The number of hydrogen-bond acceptors (Lipinski definition) is 4. The Hall–Kier alpha value is -10.5. The number of rotatable bonds is 2. The van der Waals surface area contributed by atoms with Crippen molar-refractivity contribution in [1.82, 2.24) is 0 Å². The molecule has 0 aliphatic heterocycles. The van der Waals surface area contributed by atoms with Crippen LogP contribution < -0.4 is 9.47 Å². The van der Waals surface area contributed by atoms with Crippen LogP contribution in [0.1, 0.15) is 217 Å². The van der Waals surface area contributed by atoms with E-state index in [4.69, 9.17) is 9.47 Å². The number of carbonyl (C=O) groups excluding carboxylic acids is 2. The minimum absolute atomic E-state index is 0.121. The van der Waals surface area contributed by atoms with E-state index in [1.54, 1.807) is 13.8 Å². The molecule has 402 valence electrons. The highest BCUT2D eigenvalue weighted by Crippen LogP contribution is 2.68. The molecule has 12 aliphatic rings. The smallest absolute Gasteiger partial charge is 0.308 e. The lowest BCUT2D eigenvalue weighted by Gasteiger charge is -2.48. The van der Waals surface area contributed by atoms with Crippen LogP contribution >= 0.6 is 0 Å². The summed E-state index contributed by atoms with van der Waals surface area (Å²) in [7, 11) is 0. The zero-order valence-electron chi connectivity index (χ0n) is 47.0. The molecule has 0 spiro atoms. The fourth-order valence-electron chi connectivity index (χ4n) is 17.8. The second-order valence-electron chi connectivity index (χ2n) is 24.5. The van der Waals surface area contributed by atoms with E-state index in [0.29, 0.717) is 11.5 Å². The van der Waals surface area contributed by atoms with Crippen LogP contribution in [0.25, 0.3) is 0 Å². The predicted molar refractivity (Wildman–Crippen MR) is 333 cm³/mol. The van der Waals surface area contributed by atoms with Crippen molar-refractivity contribution in [3.05, 3.63) is 374 Å². The van der Waals surface area contributed by atoms with Gasteiger partial charge in [0.05, 0.1) is 0 Å². The number of benzene rings is 11. The molecule has 0 aromatic heterocycles. The molecule has 11 aromatic carbocycles. The highest BCUT2D eigenvalue weighted by atomic mass is 16.5. The normalized spacial score (nSPS) is 20.6. The lowest BCUT2D eigenvalue weighted by molar-refractivity contribution is -0.133. The number of ether oxygens (including phenoxy) is 2. The van der Waals surface area contributed by atoms with Crippen molar-refractivity contribution in [2.24, 2.45) is 0 Å². The minimum Gasteiger partial charge on any atom is -0.426 e. The van der Waals surface area contributed by atoms with Crippen LogP contribution in [-0.2, 0) is 9.59 Å². The summed E-state index contributed by atoms with van der Waals surface area (Å²) in [6.07, 6.45) is 0. The van der Waals surface area contributed by atoms with Crippen molar-refractivity contribution in [1.29, 1.82) is 0 Å². The Labute approximate surface area is 498 Å². The van der Waals surface area contributed by atoms with E-state index in [9.17, 15) is 9.59 Å². The molecule has 4 heteroatoms. The maximum atomic E-state index is 13.7. The standard InChI is InChI=1S/C82H50O4/c1-43(83)85-81-77-69-55-27-11-3-19-47(55)65(48-20-4-12-28-56(48)69)73(77)63(74-66-49-21-5-13-29-57(49)70(78(74)81)58-30-14-6-22-50(58)66)41-39-45-35-37-46(38-36-45)40-42-64-75-67-51-23-7-15-31-59(51)71(60-32-16-8-24-52(60)67)79(75)82(86-44(2)84)80-72-61-33-17-9-25-53(61)68(76(64)80)54-26-10-18-34-62(54)72/h3-38,65-72H,1-2H3. The molecule has 8 bridgehead atoms. The molecule has 0 atom stereocenters. The molecule has 0 saturated carbocycles. The summed E-state index contributed by atoms with van der Waals surface area (Å²) in [5.74, 6) is 15.1. The molecule has 12 aliphatic carbocycles. The third-order valence-corrected chi connectivity index (χ3v) is 20.5. The van der Waals surface area contributed by atoms with Gasteiger partial charge in [0.15, 0.2) is 0 Å². The third-order valence-electron chi connectivity index (χ3n) is 20.5. The highest BCUT2D eigenvalue weighted by Gasteiger charge is 2.54. The van der Waals surface area contributed by atoms with Gasteiger partial charge in [-0.2, -0.15) is 0 Å². The van der Waals surface area contributed by atoms with Gasteiger partial charge in [-0.15, -0.1) is 0 Å². The van der Waals surface area contributed by atoms with Crippen LogP contribution in [0.4, 0.5) is 0 Å². The summed E-state index contributed by atoms with van der Waals surface area (Å²) in [5, 5.41) is 0. The average Bonchev–Trinajstić information content (AvgIpc) is 0.691. The maximum Gasteiger partial charge on any atom is 0.308 e. The molecule has 0 radical (unpaired) electrons. The van der Waals surface area contributed by atoms with Crippen molar-refractivity contribution >= 4 is 11.9 Å². The van der Waals surface area contributed by atoms with Gasteiger partial charge in [0.25, 0.3) is 0 Å². The molecular weight excluding hydrogens is 1050 g/mol. The zero-order valence-corrected chi connectivity index (χ0v) is 47.0. The van der Waals surface area contributed by atoms with Crippen LogP contribution in [0.3, 0.4) is 0 Å². The van der Waals surface area contributed by atoms with Crippen LogP contribution in [-0.4, -0.2) is 11.9 Å². The van der Waals surface area contributed by atoms with Gasteiger partial charge in [-0.05, 0) is 136 Å². The largest absolute Gasteiger partial charge is 0.426 e.